The fourth-order valence-corrected chi connectivity index (χ4v) is 5.05. The van der Waals surface area contributed by atoms with E-state index >= 15 is 0 Å². The lowest BCUT2D eigenvalue weighted by atomic mass is 10.2. The molecule has 3 rings (SSSR count). The minimum atomic E-state index is -3.29. The van der Waals surface area contributed by atoms with Crippen LogP contribution in [-0.2, 0) is 14.8 Å². The van der Waals surface area contributed by atoms with E-state index in [0.717, 1.165) is 31.6 Å². The molecule has 6 nitrogen and oxygen atoms in total. The monoisotopic (exact) mass is 385 g/mol. The van der Waals surface area contributed by atoms with Crippen molar-refractivity contribution in [2.75, 3.05) is 49.9 Å². The number of rotatable bonds is 5. The number of carbonyl (C=O) groups excluding carboxylic acids is 1. The second kappa shape index (κ2) is 7.93. The maximum Gasteiger partial charge on any atom is 0.223 e. The number of benzene rings is 1. The summed E-state index contributed by atoms with van der Waals surface area (Å²) in [6, 6.07) is 7.68. The van der Waals surface area contributed by atoms with Crippen molar-refractivity contribution in [2.24, 2.45) is 0 Å². The van der Waals surface area contributed by atoms with Gasteiger partial charge < -0.3 is 9.80 Å². The molecule has 0 atom stereocenters. The van der Waals surface area contributed by atoms with Crippen LogP contribution in [0.25, 0.3) is 0 Å². The molecule has 0 aliphatic carbocycles. The van der Waals surface area contributed by atoms with Crippen molar-refractivity contribution in [3.8, 4) is 0 Å². The van der Waals surface area contributed by atoms with Crippen LogP contribution in [0.15, 0.2) is 24.3 Å². The molecular weight excluding hydrogens is 362 g/mol. The summed E-state index contributed by atoms with van der Waals surface area (Å²) in [5, 5.41) is 0.697. The standard InChI is InChI=1S/C17H24ClN3O3S/c18-15-4-3-5-16(14-15)19-9-11-20(12-10-19)17(22)6-13-25(23,24)21-7-1-2-8-21/h3-5,14H,1-2,6-13H2. The van der Waals surface area contributed by atoms with Gasteiger partial charge in [0, 0.05) is 56.4 Å². The van der Waals surface area contributed by atoms with Gasteiger partial charge in [-0.1, -0.05) is 17.7 Å². The van der Waals surface area contributed by atoms with Gasteiger partial charge in [0.05, 0.1) is 5.75 Å². The van der Waals surface area contributed by atoms with Crippen LogP contribution in [0.2, 0.25) is 5.02 Å². The fourth-order valence-electron chi connectivity index (χ4n) is 3.36. The highest BCUT2D eigenvalue weighted by atomic mass is 35.5. The van der Waals surface area contributed by atoms with Gasteiger partial charge in [-0.3, -0.25) is 4.79 Å². The van der Waals surface area contributed by atoms with Gasteiger partial charge in [0.15, 0.2) is 0 Å². The Morgan fingerprint density at radius 3 is 2.36 bits per heavy atom. The Morgan fingerprint density at radius 1 is 1.04 bits per heavy atom. The second-order valence-corrected chi connectivity index (χ2v) is 9.04. The molecule has 0 unspecified atom stereocenters. The van der Waals surface area contributed by atoms with Gasteiger partial charge >= 0.3 is 0 Å². The topological polar surface area (TPSA) is 60.9 Å². The van der Waals surface area contributed by atoms with E-state index in [2.05, 4.69) is 4.90 Å². The molecule has 1 aromatic carbocycles. The van der Waals surface area contributed by atoms with Crippen LogP contribution in [0.1, 0.15) is 19.3 Å². The first-order chi connectivity index (χ1) is 12.0. The first kappa shape index (κ1) is 18.5. The predicted octanol–water partition coefficient (Wildman–Crippen LogP) is 1.80. The lowest BCUT2D eigenvalue weighted by Gasteiger charge is -2.36. The number of halogens is 1. The van der Waals surface area contributed by atoms with E-state index in [0.29, 0.717) is 31.2 Å². The third-order valence-corrected chi connectivity index (χ3v) is 6.95. The highest BCUT2D eigenvalue weighted by Gasteiger charge is 2.27. The van der Waals surface area contributed by atoms with Crippen LogP contribution in [0.4, 0.5) is 5.69 Å². The number of sulfonamides is 1. The average molecular weight is 386 g/mol. The second-order valence-electron chi connectivity index (χ2n) is 6.52. The lowest BCUT2D eigenvalue weighted by Crippen LogP contribution is -2.49. The van der Waals surface area contributed by atoms with Gasteiger partial charge in [0.25, 0.3) is 0 Å². The Hall–Kier alpha value is -1.31. The van der Waals surface area contributed by atoms with Gasteiger partial charge in [-0.05, 0) is 31.0 Å². The van der Waals surface area contributed by atoms with E-state index in [1.807, 2.05) is 24.3 Å². The first-order valence-electron chi connectivity index (χ1n) is 8.72. The summed E-state index contributed by atoms with van der Waals surface area (Å²) in [4.78, 5) is 16.3. The van der Waals surface area contributed by atoms with E-state index in [1.54, 1.807) is 4.90 Å². The van der Waals surface area contributed by atoms with Crippen molar-refractivity contribution in [1.82, 2.24) is 9.21 Å². The molecule has 2 aliphatic rings. The van der Waals surface area contributed by atoms with Crippen LogP contribution in [0, 0.1) is 0 Å². The van der Waals surface area contributed by atoms with Crippen LogP contribution >= 0.6 is 11.6 Å². The molecule has 2 saturated heterocycles. The predicted molar refractivity (Wildman–Crippen MR) is 99.5 cm³/mol. The molecule has 0 spiro atoms. The number of carbonyl (C=O) groups is 1. The van der Waals surface area contributed by atoms with Crippen LogP contribution in [-0.4, -0.2) is 68.6 Å². The van der Waals surface area contributed by atoms with E-state index in [-0.39, 0.29) is 18.1 Å². The number of piperazine rings is 1. The largest absolute Gasteiger partial charge is 0.368 e. The van der Waals surface area contributed by atoms with Gasteiger partial charge in [-0.15, -0.1) is 0 Å². The number of amides is 1. The normalized spacial score (nSPS) is 19.4. The zero-order chi connectivity index (χ0) is 17.9. The molecule has 1 aromatic rings. The maximum atomic E-state index is 12.4. The van der Waals surface area contributed by atoms with Gasteiger partial charge in [0.1, 0.15) is 0 Å². The third kappa shape index (κ3) is 4.65. The molecule has 2 heterocycles. The van der Waals surface area contributed by atoms with Crippen molar-refractivity contribution in [3.63, 3.8) is 0 Å². The van der Waals surface area contributed by atoms with Gasteiger partial charge in [-0.2, -0.15) is 0 Å². The molecule has 0 aromatic heterocycles. The molecule has 138 valence electrons. The Morgan fingerprint density at radius 2 is 1.72 bits per heavy atom. The molecule has 0 radical (unpaired) electrons. The van der Waals surface area contributed by atoms with Crippen molar-refractivity contribution in [2.45, 2.75) is 19.3 Å². The number of anilines is 1. The smallest absolute Gasteiger partial charge is 0.223 e. The van der Waals surface area contributed by atoms with Crippen LogP contribution in [0.3, 0.4) is 0 Å². The highest BCUT2D eigenvalue weighted by molar-refractivity contribution is 7.89. The highest BCUT2D eigenvalue weighted by Crippen LogP contribution is 2.21. The maximum absolute atomic E-state index is 12.4. The number of nitrogens with zero attached hydrogens (tertiary/aromatic N) is 3. The Bertz CT molecular complexity index is 712. The minimum absolute atomic E-state index is 0.0655. The Labute approximate surface area is 154 Å². The van der Waals surface area contributed by atoms with Crippen LogP contribution in [0.5, 0.6) is 0 Å². The van der Waals surface area contributed by atoms with Gasteiger partial charge in [0.2, 0.25) is 15.9 Å². The minimum Gasteiger partial charge on any atom is -0.368 e. The van der Waals surface area contributed by atoms with Crippen molar-refractivity contribution in [1.29, 1.82) is 0 Å². The molecule has 0 N–H and O–H groups in total. The molecule has 25 heavy (non-hydrogen) atoms. The van der Waals surface area contributed by atoms with Crippen molar-refractivity contribution in [3.05, 3.63) is 29.3 Å². The average Bonchev–Trinajstić information content (AvgIpc) is 3.15. The van der Waals surface area contributed by atoms with Gasteiger partial charge in [-0.25, -0.2) is 12.7 Å². The number of hydrogen-bond donors (Lipinski definition) is 0. The zero-order valence-corrected chi connectivity index (χ0v) is 15.8. The van der Waals surface area contributed by atoms with E-state index in [1.165, 1.54) is 4.31 Å². The molecule has 2 aliphatic heterocycles. The molecule has 0 bridgehead atoms. The summed E-state index contributed by atoms with van der Waals surface area (Å²) in [5.41, 5.74) is 1.05. The lowest BCUT2D eigenvalue weighted by molar-refractivity contribution is -0.131. The SMILES string of the molecule is O=C(CCS(=O)(=O)N1CCCC1)N1CCN(c2cccc(Cl)c2)CC1. The fraction of sp³-hybridized carbons (Fsp3) is 0.588. The summed E-state index contributed by atoms with van der Waals surface area (Å²) in [6.45, 7) is 3.85. The van der Waals surface area contributed by atoms with E-state index in [9.17, 15) is 13.2 Å². The molecule has 2 fully saturated rings. The Kier molecular flexibility index (Phi) is 5.86. The summed E-state index contributed by atoms with van der Waals surface area (Å²) in [6.07, 6.45) is 1.90. The number of hydrogen-bond acceptors (Lipinski definition) is 4. The van der Waals surface area contributed by atoms with Crippen molar-refractivity contribution >= 4 is 33.2 Å². The summed E-state index contributed by atoms with van der Waals surface area (Å²) in [5.74, 6) is -0.158. The van der Waals surface area contributed by atoms with E-state index < -0.39 is 10.0 Å². The molecule has 1 amide bonds. The van der Waals surface area contributed by atoms with Crippen LogP contribution < -0.4 is 4.90 Å². The summed E-state index contributed by atoms with van der Waals surface area (Å²) >= 11 is 6.03. The first-order valence-corrected chi connectivity index (χ1v) is 10.7. The molecular formula is C17H24ClN3O3S. The zero-order valence-electron chi connectivity index (χ0n) is 14.2. The quantitative estimate of drug-likeness (QED) is 0.775. The summed E-state index contributed by atoms with van der Waals surface area (Å²) < 4.78 is 26.0. The summed E-state index contributed by atoms with van der Waals surface area (Å²) in [7, 11) is -3.29. The Balaban J connectivity index is 1.48. The third-order valence-electron chi connectivity index (χ3n) is 4.84. The van der Waals surface area contributed by atoms with Crippen molar-refractivity contribution < 1.29 is 13.2 Å². The van der Waals surface area contributed by atoms with E-state index in [4.69, 9.17) is 11.6 Å². The molecule has 0 saturated carbocycles. The molecule has 8 heteroatoms.